The molecule has 0 unspecified atom stereocenters. The zero-order valence-corrected chi connectivity index (χ0v) is 9.27. The molecule has 0 atom stereocenters. The Morgan fingerprint density at radius 2 is 1.85 bits per heavy atom. The lowest BCUT2D eigenvalue weighted by molar-refractivity contribution is 0.413. The Morgan fingerprint density at radius 3 is 2.31 bits per heavy atom. The van der Waals surface area contributed by atoms with Gasteiger partial charge in [-0.2, -0.15) is 0 Å². The Bertz CT molecular complexity index is 299. The number of hydrogen-bond donors (Lipinski definition) is 0. The molecule has 1 nitrogen and oxygen atoms in total. The molecule has 13 heavy (non-hydrogen) atoms. The van der Waals surface area contributed by atoms with Crippen molar-refractivity contribution in [2.24, 2.45) is 0 Å². The summed E-state index contributed by atoms with van der Waals surface area (Å²) in [6.07, 6.45) is 0. The van der Waals surface area contributed by atoms with Crippen LogP contribution in [-0.4, -0.2) is 7.11 Å². The molecule has 72 valence electrons. The number of rotatable bonds is 1. The van der Waals surface area contributed by atoms with Crippen LogP contribution in [0.25, 0.3) is 0 Å². The maximum atomic E-state index is 5.92. The number of hydrogen-bond acceptors (Lipinski definition) is 1. The largest absolute Gasteiger partial charge is 0.495 e. The van der Waals surface area contributed by atoms with Gasteiger partial charge in [-0.05, 0) is 23.1 Å². The maximum absolute atomic E-state index is 5.92. The molecule has 0 aliphatic rings. The van der Waals surface area contributed by atoms with Crippen molar-refractivity contribution in [2.75, 3.05) is 7.11 Å². The van der Waals surface area contributed by atoms with E-state index in [1.807, 2.05) is 18.2 Å². The van der Waals surface area contributed by atoms with Crippen LogP contribution in [0.1, 0.15) is 26.3 Å². The average Bonchev–Trinajstić information content (AvgIpc) is 2.03. The fraction of sp³-hybridized carbons (Fsp3) is 0.455. The Hall–Kier alpha value is -0.690. The monoisotopic (exact) mass is 198 g/mol. The summed E-state index contributed by atoms with van der Waals surface area (Å²) >= 11 is 5.92. The van der Waals surface area contributed by atoms with Crippen molar-refractivity contribution in [2.45, 2.75) is 26.2 Å². The highest BCUT2D eigenvalue weighted by Crippen LogP contribution is 2.30. The maximum Gasteiger partial charge on any atom is 0.137 e. The van der Waals surface area contributed by atoms with Crippen molar-refractivity contribution in [1.82, 2.24) is 0 Å². The van der Waals surface area contributed by atoms with Crippen LogP contribution >= 0.6 is 11.6 Å². The van der Waals surface area contributed by atoms with Crippen LogP contribution in [0.15, 0.2) is 18.2 Å². The third-order valence-corrected chi connectivity index (χ3v) is 2.33. The van der Waals surface area contributed by atoms with Gasteiger partial charge < -0.3 is 4.74 Å². The molecule has 1 rings (SSSR count). The highest BCUT2D eigenvalue weighted by atomic mass is 35.5. The zero-order valence-electron chi connectivity index (χ0n) is 8.52. The smallest absolute Gasteiger partial charge is 0.137 e. The van der Waals surface area contributed by atoms with Crippen LogP contribution in [-0.2, 0) is 5.41 Å². The molecule has 0 bridgehead atoms. The lowest BCUT2D eigenvalue weighted by Gasteiger charge is -2.19. The first kappa shape index (κ1) is 10.4. The van der Waals surface area contributed by atoms with Crippen molar-refractivity contribution >= 4 is 11.6 Å². The van der Waals surface area contributed by atoms with E-state index in [2.05, 4.69) is 20.8 Å². The topological polar surface area (TPSA) is 9.23 Å². The summed E-state index contributed by atoms with van der Waals surface area (Å²) in [5.74, 6) is 0.745. The minimum Gasteiger partial charge on any atom is -0.495 e. The molecule has 0 saturated carbocycles. The minimum absolute atomic E-state index is 0.137. The molecule has 1 aromatic carbocycles. The number of methoxy groups -OCH3 is 1. The van der Waals surface area contributed by atoms with Gasteiger partial charge in [0.2, 0.25) is 0 Å². The predicted octanol–water partition coefficient (Wildman–Crippen LogP) is 3.65. The highest BCUT2D eigenvalue weighted by molar-refractivity contribution is 6.32. The predicted molar refractivity (Wildman–Crippen MR) is 56.7 cm³/mol. The fourth-order valence-electron chi connectivity index (χ4n) is 1.13. The van der Waals surface area contributed by atoms with E-state index >= 15 is 0 Å². The summed E-state index contributed by atoms with van der Waals surface area (Å²) in [6, 6.07) is 5.90. The normalized spacial score (nSPS) is 11.5. The van der Waals surface area contributed by atoms with Crippen LogP contribution < -0.4 is 4.74 Å². The van der Waals surface area contributed by atoms with Crippen molar-refractivity contribution in [3.8, 4) is 5.75 Å². The van der Waals surface area contributed by atoms with Gasteiger partial charge in [0.05, 0.1) is 12.1 Å². The summed E-state index contributed by atoms with van der Waals surface area (Å²) < 4.78 is 5.15. The first-order chi connectivity index (χ1) is 5.95. The van der Waals surface area contributed by atoms with Gasteiger partial charge >= 0.3 is 0 Å². The van der Waals surface area contributed by atoms with Crippen molar-refractivity contribution < 1.29 is 4.74 Å². The molecular formula is C11H15ClO. The molecule has 0 saturated heterocycles. The molecule has 2 heteroatoms. The van der Waals surface area contributed by atoms with Crippen LogP contribution in [0.2, 0.25) is 5.02 Å². The van der Waals surface area contributed by atoms with Gasteiger partial charge in [0, 0.05) is 0 Å². The van der Waals surface area contributed by atoms with Gasteiger partial charge in [-0.1, -0.05) is 38.4 Å². The van der Waals surface area contributed by atoms with E-state index in [1.54, 1.807) is 7.11 Å². The van der Waals surface area contributed by atoms with Crippen LogP contribution in [0.4, 0.5) is 0 Å². The quantitative estimate of drug-likeness (QED) is 0.670. The van der Waals surface area contributed by atoms with Crippen LogP contribution in [0.5, 0.6) is 5.75 Å². The van der Waals surface area contributed by atoms with E-state index in [-0.39, 0.29) is 5.41 Å². The Morgan fingerprint density at radius 1 is 1.23 bits per heavy atom. The molecule has 0 radical (unpaired) electrons. The van der Waals surface area contributed by atoms with E-state index in [0.29, 0.717) is 5.02 Å². The second-order valence-corrected chi connectivity index (χ2v) is 4.51. The van der Waals surface area contributed by atoms with Crippen LogP contribution in [0, 0.1) is 0 Å². The third-order valence-electron chi connectivity index (χ3n) is 2.02. The second-order valence-electron chi connectivity index (χ2n) is 4.10. The van der Waals surface area contributed by atoms with E-state index in [1.165, 1.54) is 5.56 Å². The zero-order chi connectivity index (χ0) is 10.1. The Kier molecular flexibility index (Phi) is 2.87. The second kappa shape index (κ2) is 3.59. The number of benzene rings is 1. The molecule has 0 N–H and O–H groups in total. The van der Waals surface area contributed by atoms with Crippen molar-refractivity contribution in [3.63, 3.8) is 0 Å². The van der Waals surface area contributed by atoms with Gasteiger partial charge in [-0.15, -0.1) is 0 Å². The molecule has 0 aliphatic carbocycles. The average molecular weight is 199 g/mol. The van der Waals surface area contributed by atoms with Gasteiger partial charge in [0.25, 0.3) is 0 Å². The Labute approximate surface area is 84.7 Å². The third kappa shape index (κ3) is 2.38. The molecule has 0 fully saturated rings. The van der Waals surface area contributed by atoms with E-state index in [4.69, 9.17) is 16.3 Å². The molecule has 0 aliphatic heterocycles. The first-order valence-corrected chi connectivity index (χ1v) is 4.67. The molecule has 0 aromatic heterocycles. The van der Waals surface area contributed by atoms with Crippen molar-refractivity contribution in [1.29, 1.82) is 0 Å². The standard InChI is InChI=1S/C11H15ClO/c1-11(2,3)8-5-6-9(12)10(7-8)13-4/h5-7H,1-4H3. The lowest BCUT2D eigenvalue weighted by atomic mass is 9.87. The summed E-state index contributed by atoms with van der Waals surface area (Å²) in [5, 5.41) is 0.663. The van der Waals surface area contributed by atoms with E-state index in [9.17, 15) is 0 Å². The fourth-order valence-corrected chi connectivity index (χ4v) is 1.32. The van der Waals surface area contributed by atoms with Gasteiger partial charge in [0.1, 0.15) is 5.75 Å². The summed E-state index contributed by atoms with van der Waals surface area (Å²) in [6.45, 7) is 6.49. The van der Waals surface area contributed by atoms with Crippen molar-refractivity contribution in [3.05, 3.63) is 28.8 Å². The molecule has 0 heterocycles. The number of ether oxygens (including phenoxy) is 1. The number of halogens is 1. The van der Waals surface area contributed by atoms with Crippen LogP contribution in [0.3, 0.4) is 0 Å². The molecule has 1 aromatic rings. The summed E-state index contributed by atoms with van der Waals surface area (Å²) in [5.41, 5.74) is 1.37. The van der Waals surface area contributed by atoms with Gasteiger partial charge in [-0.3, -0.25) is 0 Å². The molecule has 0 amide bonds. The molecule has 0 spiro atoms. The molecular weight excluding hydrogens is 184 g/mol. The minimum atomic E-state index is 0.137. The summed E-state index contributed by atoms with van der Waals surface area (Å²) in [7, 11) is 1.63. The van der Waals surface area contributed by atoms with Gasteiger partial charge in [0.15, 0.2) is 0 Å². The summed E-state index contributed by atoms with van der Waals surface area (Å²) in [4.78, 5) is 0. The SMILES string of the molecule is COc1cc(C(C)(C)C)ccc1Cl. The van der Waals surface area contributed by atoms with Gasteiger partial charge in [-0.25, -0.2) is 0 Å². The van der Waals surface area contributed by atoms with E-state index in [0.717, 1.165) is 5.75 Å². The first-order valence-electron chi connectivity index (χ1n) is 4.29. The Balaban J connectivity index is 3.14. The van der Waals surface area contributed by atoms with E-state index < -0.39 is 0 Å². The lowest BCUT2D eigenvalue weighted by Crippen LogP contribution is -2.10. The highest BCUT2D eigenvalue weighted by Gasteiger charge is 2.15.